The van der Waals surface area contributed by atoms with Crippen LogP contribution in [0, 0.1) is 6.92 Å². The summed E-state index contributed by atoms with van der Waals surface area (Å²) in [7, 11) is 1.41. The Kier molecular flexibility index (Phi) is 9.23. The van der Waals surface area contributed by atoms with Crippen molar-refractivity contribution in [2.75, 3.05) is 17.7 Å². The van der Waals surface area contributed by atoms with Gasteiger partial charge in [0, 0.05) is 28.1 Å². The van der Waals surface area contributed by atoms with Crippen molar-refractivity contribution in [3.05, 3.63) is 113 Å². The predicted molar refractivity (Wildman–Crippen MR) is 160 cm³/mol. The molecule has 0 aromatic heterocycles. The molecular weight excluding hydrogens is 526 g/mol. The van der Waals surface area contributed by atoms with Crippen molar-refractivity contribution in [2.24, 2.45) is 0 Å². The van der Waals surface area contributed by atoms with Gasteiger partial charge in [0.2, 0.25) is 0 Å². The van der Waals surface area contributed by atoms with Gasteiger partial charge in [0.05, 0.1) is 20.3 Å². The van der Waals surface area contributed by atoms with E-state index in [0.29, 0.717) is 28.1 Å². The monoisotopic (exact) mass is 555 g/mol. The van der Waals surface area contributed by atoms with Crippen molar-refractivity contribution in [1.29, 1.82) is 0 Å². The van der Waals surface area contributed by atoms with E-state index in [1.54, 1.807) is 24.3 Å². The highest BCUT2D eigenvalue weighted by Crippen LogP contribution is 2.26. The van der Waals surface area contributed by atoms with Crippen molar-refractivity contribution in [2.45, 2.75) is 20.1 Å². The average Bonchev–Trinajstić information content (AvgIpc) is 2.98. The summed E-state index contributed by atoms with van der Waals surface area (Å²) in [5.41, 5.74) is 5.60. The summed E-state index contributed by atoms with van der Waals surface area (Å²) in [6, 6.07) is 25.6. The molecule has 0 fully saturated rings. The number of carbonyl (C=O) groups is 2. The van der Waals surface area contributed by atoms with E-state index in [1.807, 2.05) is 55.5 Å². The lowest BCUT2D eigenvalue weighted by molar-refractivity contribution is 0.0975. The fourth-order valence-electron chi connectivity index (χ4n) is 4.15. The molecule has 204 valence electrons. The van der Waals surface area contributed by atoms with E-state index in [4.69, 9.17) is 17.0 Å². The van der Waals surface area contributed by atoms with Crippen LogP contribution in [0.3, 0.4) is 0 Å². The Labute approximate surface area is 237 Å². The highest BCUT2D eigenvalue weighted by Gasteiger charge is 2.16. The Bertz CT molecular complexity index is 1510. The SMILES string of the molecule is COc1cc(C(=O)NC(=S)Nc2ccc(C)c(NC(=O)c3ccc(-c4ccccc4)cc3)c2)cc(CO)c1CO. The van der Waals surface area contributed by atoms with Gasteiger partial charge < -0.3 is 25.6 Å². The van der Waals surface area contributed by atoms with Crippen molar-refractivity contribution >= 4 is 40.5 Å². The number of aliphatic hydroxyl groups is 2. The number of hydrogen-bond donors (Lipinski definition) is 5. The van der Waals surface area contributed by atoms with Crippen LogP contribution >= 0.6 is 12.2 Å². The molecule has 40 heavy (non-hydrogen) atoms. The van der Waals surface area contributed by atoms with Gasteiger partial charge in [-0.15, -0.1) is 0 Å². The molecule has 0 radical (unpaired) electrons. The first kappa shape index (κ1) is 28.4. The number of hydrogen-bond acceptors (Lipinski definition) is 6. The van der Waals surface area contributed by atoms with E-state index in [2.05, 4.69) is 16.0 Å². The number of carbonyl (C=O) groups excluding carboxylic acids is 2. The van der Waals surface area contributed by atoms with Crippen LogP contribution < -0.4 is 20.7 Å². The summed E-state index contributed by atoms with van der Waals surface area (Å²) in [5, 5.41) is 27.7. The topological polar surface area (TPSA) is 120 Å². The van der Waals surface area contributed by atoms with Gasteiger partial charge in [0.1, 0.15) is 5.75 Å². The smallest absolute Gasteiger partial charge is 0.257 e. The van der Waals surface area contributed by atoms with Crippen LogP contribution in [0.4, 0.5) is 11.4 Å². The lowest BCUT2D eigenvalue weighted by Crippen LogP contribution is -2.34. The van der Waals surface area contributed by atoms with Crippen molar-refractivity contribution < 1.29 is 24.5 Å². The molecule has 0 saturated carbocycles. The van der Waals surface area contributed by atoms with Crippen LogP contribution in [0.15, 0.2) is 84.9 Å². The molecule has 5 N–H and O–H groups in total. The molecule has 0 aliphatic rings. The zero-order chi connectivity index (χ0) is 28.6. The van der Waals surface area contributed by atoms with Gasteiger partial charge in [-0.2, -0.15) is 0 Å². The molecule has 4 rings (SSSR count). The molecule has 4 aromatic carbocycles. The standard InChI is InChI=1S/C31H29N3O5S/c1-19-8-13-25(32-31(40)34-30(38)23-14-24(17-35)26(18-36)28(15-23)39-2)16-27(19)33-29(37)22-11-9-21(10-12-22)20-6-4-3-5-7-20/h3-16,35-36H,17-18H2,1-2H3,(H,33,37)(H2,32,34,38,40). The summed E-state index contributed by atoms with van der Waals surface area (Å²) in [4.78, 5) is 25.8. The van der Waals surface area contributed by atoms with Crippen LogP contribution in [-0.2, 0) is 13.2 Å². The van der Waals surface area contributed by atoms with Crippen LogP contribution in [0.1, 0.15) is 37.4 Å². The molecule has 0 spiro atoms. The van der Waals surface area contributed by atoms with Crippen LogP contribution in [0.25, 0.3) is 11.1 Å². The maximum atomic E-state index is 12.9. The number of methoxy groups -OCH3 is 1. The first-order valence-corrected chi connectivity index (χ1v) is 12.8. The Hall–Kier alpha value is -4.57. The number of ether oxygens (including phenoxy) is 1. The molecule has 9 heteroatoms. The average molecular weight is 556 g/mol. The minimum atomic E-state index is -0.519. The van der Waals surface area contributed by atoms with Crippen LogP contribution in [0.2, 0.25) is 0 Å². The van der Waals surface area contributed by atoms with E-state index >= 15 is 0 Å². The largest absolute Gasteiger partial charge is 0.496 e. The zero-order valence-electron chi connectivity index (χ0n) is 22.0. The van der Waals surface area contributed by atoms with E-state index in [0.717, 1.165) is 16.7 Å². The highest BCUT2D eigenvalue weighted by atomic mass is 32.1. The second-order valence-electron chi connectivity index (χ2n) is 8.97. The molecule has 0 unspecified atom stereocenters. The molecular formula is C31H29N3O5S. The minimum absolute atomic E-state index is 0.0402. The predicted octanol–water partition coefficient (Wildman–Crippen LogP) is 5.03. The van der Waals surface area contributed by atoms with Gasteiger partial charge in [-0.1, -0.05) is 48.5 Å². The third kappa shape index (κ3) is 6.70. The molecule has 8 nitrogen and oxygen atoms in total. The normalized spacial score (nSPS) is 10.5. The number of rotatable bonds is 8. The third-order valence-electron chi connectivity index (χ3n) is 6.34. The van der Waals surface area contributed by atoms with E-state index in [9.17, 15) is 19.8 Å². The van der Waals surface area contributed by atoms with Gasteiger partial charge in [-0.25, -0.2) is 0 Å². The molecule has 0 saturated heterocycles. The Morgan fingerprint density at radius 3 is 2.15 bits per heavy atom. The van der Waals surface area contributed by atoms with Crippen LogP contribution in [-0.4, -0.2) is 34.2 Å². The summed E-state index contributed by atoms with van der Waals surface area (Å²) in [6.07, 6.45) is 0. The zero-order valence-corrected chi connectivity index (χ0v) is 22.8. The van der Waals surface area contributed by atoms with Crippen LogP contribution in [0.5, 0.6) is 5.75 Å². The summed E-state index contributed by atoms with van der Waals surface area (Å²) in [5.74, 6) is -0.489. The fraction of sp³-hybridized carbons (Fsp3) is 0.129. The molecule has 0 bridgehead atoms. The van der Waals surface area contributed by atoms with E-state index in [-0.39, 0.29) is 35.5 Å². The van der Waals surface area contributed by atoms with Crippen molar-refractivity contribution in [1.82, 2.24) is 5.32 Å². The van der Waals surface area contributed by atoms with E-state index in [1.165, 1.54) is 19.2 Å². The van der Waals surface area contributed by atoms with Gasteiger partial charge in [-0.05, 0) is 77.8 Å². The van der Waals surface area contributed by atoms with Gasteiger partial charge in [-0.3, -0.25) is 14.9 Å². The van der Waals surface area contributed by atoms with Gasteiger partial charge in [0.25, 0.3) is 11.8 Å². The Morgan fingerprint density at radius 2 is 1.50 bits per heavy atom. The van der Waals surface area contributed by atoms with Crippen molar-refractivity contribution in [3.63, 3.8) is 0 Å². The molecule has 2 amide bonds. The maximum Gasteiger partial charge on any atom is 0.257 e. The summed E-state index contributed by atoms with van der Waals surface area (Å²) in [6.45, 7) is 1.16. The second kappa shape index (κ2) is 13.0. The number of anilines is 2. The first-order valence-electron chi connectivity index (χ1n) is 12.4. The first-order chi connectivity index (χ1) is 19.3. The molecule has 0 aliphatic heterocycles. The Morgan fingerprint density at radius 1 is 0.800 bits per heavy atom. The molecule has 0 aliphatic carbocycles. The maximum absolute atomic E-state index is 12.9. The quantitative estimate of drug-likeness (QED) is 0.193. The second-order valence-corrected chi connectivity index (χ2v) is 9.38. The lowest BCUT2D eigenvalue weighted by atomic mass is 10.0. The highest BCUT2D eigenvalue weighted by molar-refractivity contribution is 7.80. The summed E-state index contributed by atoms with van der Waals surface area (Å²) >= 11 is 5.33. The number of aliphatic hydroxyl groups excluding tert-OH is 2. The number of amides is 2. The third-order valence-corrected chi connectivity index (χ3v) is 6.54. The van der Waals surface area contributed by atoms with Gasteiger partial charge >= 0.3 is 0 Å². The molecule has 0 atom stereocenters. The van der Waals surface area contributed by atoms with E-state index < -0.39 is 5.91 Å². The molecule has 0 heterocycles. The Balaban J connectivity index is 1.42. The van der Waals surface area contributed by atoms with Gasteiger partial charge in [0.15, 0.2) is 5.11 Å². The number of thiocarbonyl (C=S) groups is 1. The number of nitrogens with one attached hydrogen (secondary N) is 3. The fourth-order valence-corrected chi connectivity index (χ4v) is 4.36. The summed E-state index contributed by atoms with van der Waals surface area (Å²) < 4.78 is 5.25. The van der Waals surface area contributed by atoms with Crippen molar-refractivity contribution in [3.8, 4) is 16.9 Å². The number of benzene rings is 4. The number of aryl methyl sites for hydroxylation is 1. The minimum Gasteiger partial charge on any atom is -0.496 e. The molecule has 4 aromatic rings. The lowest BCUT2D eigenvalue weighted by Gasteiger charge is -2.15.